The molecule has 3 N–H and O–H groups in total. The summed E-state index contributed by atoms with van der Waals surface area (Å²) >= 11 is 0. The first-order valence-corrected chi connectivity index (χ1v) is 10.7. The number of hydrogen-bond acceptors (Lipinski definition) is 5. The molecule has 9 nitrogen and oxygen atoms in total. The maximum Gasteiger partial charge on any atom is 0.319 e. The minimum Gasteiger partial charge on any atom is -0.484 e. The first-order chi connectivity index (χ1) is 15.5. The summed E-state index contributed by atoms with van der Waals surface area (Å²) in [4.78, 5) is 40.0. The number of nitrogens with zero attached hydrogens (tertiary/aromatic N) is 2. The van der Waals surface area contributed by atoms with Crippen LogP contribution >= 0.6 is 0 Å². The van der Waals surface area contributed by atoms with Crippen LogP contribution in [-0.4, -0.2) is 68.6 Å². The normalized spacial score (nSPS) is 13.3. The van der Waals surface area contributed by atoms with Crippen molar-refractivity contribution in [1.29, 1.82) is 0 Å². The molecule has 2 aromatic rings. The predicted molar refractivity (Wildman–Crippen MR) is 123 cm³/mol. The van der Waals surface area contributed by atoms with Crippen LogP contribution in [0.25, 0.3) is 0 Å². The molecule has 0 saturated carbocycles. The molecule has 1 fully saturated rings. The third-order valence-electron chi connectivity index (χ3n) is 5.01. The minimum atomic E-state index is -0.461. The summed E-state index contributed by atoms with van der Waals surface area (Å²) in [5.74, 6) is 0.217. The zero-order chi connectivity index (χ0) is 22.8. The molecule has 0 unspecified atom stereocenters. The van der Waals surface area contributed by atoms with Gasteiger partial charge in [-0.15, -0.1) is 0 Å². The summed E-state index contributed by atoms with van der Waals surface area (Å²) in [6.45, 7) is 5.01. The van der Waals surface area contributed by atoms with E-state index >= 15 is 0 Å². The van der Waals surface area contributed by atoms with Crippen molar-refractivity contribution in [3.05, 3.63) is 54.6 Å². The second-order valence-electron chi connectivity index (χ2n) is 7.28. The van der Waals surface area contributed by atoms with Gasteiger partial charge in [-0.3, -0.25) is 9.59 Å². The molecule has 4 amide bonds. The number of piperazine rings is 1. The number of hydrogen-bond donors (Lipinski definition) is 3. The van der Waals surface area contributed by atoms with Crippen LogP contribution in [0, 0.1) is 0 Å². The number of carbonyl (C=O) groups is 3. The number of nitrogens with one attached hydrogen (secondary N) is 3. The van der Waals surface area contributed by atoms with E-state index in [0.717, 1.165) is 18.8 Å². The Hall–Kier alpha value is -3.75. The summed E-state index contributed by atoms with van der Waals surface area (Å²) < 4.78 is 5.37. The molecule has 0 aromatic heterocycles. The molecular weight excluding hydrogens is 410 g/mol. The summed E-state index contributed by atoms with van der Waals surface area (Å²) in [5, 5.41) is 7.93. The topological polar surface area (TPSA) is 103 Å². The first-order valence-electron chi connectivity index (χ1n) is 10.7. The van der Waals surface area contributed by atoms with Gasteiger partial charge < -0.3 is 30.5 Å². The molecule has 0 spiro atoms. The number of ether oxygens (including phenoxy) is 1. The van der Waals surface area contributed by atoms with E-state index in [9.17, 15) is 14.4 Å². The maximum atomic E-state index is 12.4. The Balaban J connectivity index is 1.36. The second kappa shape index (κ2) is 11.6. The van der Waals surface area contributed by atoms with Crippen LogP contribution in [0.2, 0.25) is 0 Å². The monoisotopic (exact) mass is 439 g/mol. The molecule has 32 heavy (non-hydrogen) atoms. The van der Waals surface area contributed by atoms with Crippen LogP contribution in [0.1, 0.15) is 6.92 Å². The van der Waals surface area contributed by atoms with E-state index in [4.69, 9.17) is 4.74 Å². The van der Waals surface area contributed by atoms with Crippen molar-refractivity contribution in [1.82, 2.24) is 15.5 Å². The van der Waals surface area contributed by atoms with Gasteiger partial charge in [0.15, 0.2) is 6.61 Å². The molecule has 9 heteroatoms. The third-order valence-corrected chi connectivity index (χ3v) is 5.01. The molecular formula is C23H29N5O4. The van der Waals surface area contributed by atoms with E-state index < -0.39 is 6.03 Å². The average molecular weight is 440 g/mol. The Morgan fingerprint density at radius 2 is 1.59 bits per heavy atom. The lowest BCUT2D eigenvalue weighted by molar-refractivity contribution is -0.130. The van der Waals surface area contributed by atoms with E-state index in [1.54, 1.807) is 29.2 Å². The Bertz CT molecular complexity index is 896. The molecule has 0 atom stereocenters. The molecule has 0 bridgehead atoms. The Morgan fingerprint density at radius 1 is 0.906 bits per heavy atom. The van der Waals surface area contributed by atoms with Crippen LogP contribution in [-0.2, 0) is 9.59 Å². The highest BCUT2D eigenvalue weighted by Gasteiger charge is 2.21. The SMILES string of the molecule is CCNC(=O)COc1ccc(NC(=O)NCC(=O)N2CCN(c3ccccc3)CC2)cc1. The van der Waals surface area contributed by atoms with Crippen molar-refractivity contribution < 1.29 is 19.1 Å². The van der Waals surface area contributed by atoms with Crippen LogP contribution in [0.5, 0.6) is 5.75 Å². The number of amides is 4. The number of rotatable bonds is 8. The fourth-order valence-electron chi connectivity index (χ4n) is 3.33. The number of carbonyl (C=O) groups excluding carboxylic acids is 3. The van der Waals surface area contributed by atoms with Gasteiger partial charge in [0.2, 0.25) is 5.91 Å². The number of benzene rings is 2. The van der Waals surface area contributed by atoms with Crippen molar-refractivity contribution in [3.63, 3.8) is 0 Å². The van der Waals surface area contributed by atoms with Crippen LogP contribution in [0.15, 0.2) is 54.6 Å². The Kier molecular flexibility index (Phi) is 8.30. The molecule has 2 aromatic carbocycles. The first kappa shape index (κ1) is 22.9. The lowest BCUT2D eigenvalue weighted by Crippen LogP contribution is -2.51. The van der Waals surface area contributed by atoms with Gasteiger partial charge in [-0.05, 0) is 43.3 Å². The molecule has 1 saturated heterocycles. The predicted octanol–water partition coefficient (Wildman–Crippen LogP) is 1.67. The van der Waals surface area contributed by atoms with Gasteiger partial charge in [0.1, 0.15) is 5.75 Å². The second-order valence-corrected chi connectivity index (χ2v) is 7.28. The largest absolute Gasteiger partial charge is 0.484 e. The van der Waals surface area contributed by atoms with Gasteiger partial charge in [0.25, 0.3) is 5.91 Å². The van der Waals surface area contributed by atoms with Crippen LogP contribution in [0.4, 0.5) is 16.2 Å². The highest BCUT2D eigenvalue weighted by molar-refractivity contribution is 5.92. The lowest BCUT2D eigenvalue weighted by Gasteiger charge is -2.36. The summed E-state index contributed by atoms with van der Waals surface area (Å²) in [6.07, 6.45) is 0. The van der Waals surface area contributed by atoms with Crippen LogP contribution < -0.4 is 25.6 Å². The van der Waals surface area contributed by atoms with Gasteiger partial charge in [-0.1, -0.05) is 18.2 Å². The van der Waals surface area contributed by atoms with Gasteiger partial charge in [-0.25, -0.2) is 4.79 Å². The van der Waals surface area contributed by atoms with Crippen molar-refractivity contribution in [2.75, 3.05) is 56.1 Å². The molecule has 0 aliphatic carbocycles. The maximum absolute atomic E-state index is 12.4. The highest BCUT2D eigenvalue weighted by Crippen LogP contribution is 2.16. The summed E-state index contributed by atoms with van der Waals surface area (Å²) in [7, 11) is 0. The van der Waals surface area contributed by atoms with E-state index in [0.29, 0.717) is 31.1 Å². The van der Waals surface area contributed by atoms with Crippen molar-refractivity contribution in [3.8, 4) is 5.75 Å². The smallest absolute Gasteiger partial charge is 0.319 e. The zero-order valence-corrected chi connectivity index (χ0v) is 18.2. The Morgan fingerprint density at radius 3 is 2.25 bits per heavy atom. The average Bonchev–Trinajstić information content (AvgIpc) is 2.83. The van der Waals surface area contributed by atoms with Gasteiger partial charge >= 0.3 is 6.03 Å². The summed E-state index contributed by atoms with van der Waals surface area (Å²) in [5.41, 5.74) is 1.70. The number of urea groups is 1. The summed E-state index contributed by atoms with van der Waals surface area (Å²) in [6, 6.07) is 16.3. The van der Waals surface area contributed by atoms with Crippen molar-refractivity contribution in [2.45, 2.75) is 6.92 Å². The van der Waals surface area contributed by atoms with E-state index in [1.165, 1.54) is 0 Å². The fourth-order valence-corrected chi connectivity index (χ4v) is 3.33. The molecule has 170 valence electrons. The molecule has 3 rings (SSSR count). The van der Waals surface area contributed by atoms with E-state index in [2.05, 4.69) is 33.0 Å². The number of likely N-dealkylation sites (N-methyl/N-ethyl adjacent to an activating group) is 1. The standard InChI is InChI=1S/C23H29N5O4/c1-2-24-21(29)17-32-20-10-8-18(9-11-20)26-23(31)25-16-22(30)28-14-12-27(13-15-28)19-6-4-3-5-7-19/h3-11H,2,12-17H2,1H3,(H,24,29)(H2,25,26,31). The Labute approximate surface area is 187 Å². The van der Waals surface area contributed by atoms with Crippen LogP contribution in [0.3, 0.4) is 0 Å². The zero-order valence-electron chi connectivity index (χ0n) is 18.2. The van der Waals surface area contributed by atoms with E-state index in [1.807, 2.05) is 25.1 Å². The number of para-hydroxylation sites is 1. The third kappa shape index (κ3) is 6.90. The van der Waals surface area contributed by atoms with E-state index in [-0.39, 0.29) is 25.0 Å². The highest BCUT2D eigenvalue weighted by atomic mass is 16.5. The van der Waals surface area contributed by atoms with Crippen molar-refractivity contribution >= 4 is 29.2 Å². The molecule has 1 aliphatic rings. The number of anilines is 2. The quantitative estimate of drug-likeness (QED) is 0.581. The van der Waals surface area contributed by atoms with Gasteiger partial charge in [0.05, 0.1) is 6.54 Å². The lowest BCUT2D eigenvalue weighted by atomic mass is 10.2. The minimum absolute atomic E-state index is 0.0646. The van der Waals surface area contributed by atoms with Gasteiger partial charge in [-0.2, -0.15) is 0 Å². The fraction of sp³-hybridized carbons (Fsp3) is 0.348. The molecule has 1 heterocycles. The van der Waals surface area contributed by atoms with Gasteiger partial charge in [0, 0.05) is 44.1 Å². The van der Waals surface area contributed by atoms with Crippen molar-refractivity contribution in [2.24, 2.45) is 0 Å². The molecule has 0 radical (unpaired) electrons. The molecule has 1 aliphatic heterocycles.